The van der Waals surface area contributed by atoms with Crippen LogP contribution in [0.15, 0.2) is 18.3 Å². The van der Waals surface area contributed by atoms with Crippen LogP contribution in [0.25, 0.3) is 15.5 Å². The van der Waals surface area contributed by atoms with Gasteiger partial charge in [0.2, 0.25) is 0 Å². The summed E-state index contributed by atoms with van der Waals surface area (Å²) in [5.74, 6) is 0. The van der Waals surface area contributed by atoms with Gasteiger partial charge in [0.25, 0.3) is 0 Å². The van der Waals surface area contributed by atoms with Crippen LogP contribution in [0.1, 0.15) is 35.2 Å². The Morgan fingerprint density at radius 3 is 2.95 bits per heavy atom. The van der Waals surface area contributed by atoms with E-state index in [0.29, 0.717) is 0 Å². The molecule has 4 heteroatoms. The lowest BCUT2D eigenvalue weighted by atomic mass is 10.0. The summed E-state index contributed by atoms with van der Waals surface area (Å²) in [5.41, 5.74) is 2.65. The van der Waals surface area contributed by atoms with Crippen LogP contribution in [-0.2, 0) is 19.3 Å². The molecule has 0 spiro atoms. The lowest BCUT2D eigenvalue weighted by Crippen LogP contribution is -2.01. The second kappa shape index (κ2) is 4.46. The van der Waals surface area contributed by atoms with Crippen molar-refractivity contribution >= 4 is 27.6 Å². The van der Waals surface area contributed by atoms with Crippen molar-refractivity contribution in [1.29, 1.82) is 0 Å². The van der Waals surface area contributed by atoms with Crippen LogP contribution < -0.4 is 0 Å². The molecule has 0 atom stereocenters. The first kappa shape index (κ1) is 11.7. The number of hydrogen-bond acceptors (Lipinski definition) is 3. The highest BCUT2D eigenvalue weighted by molar-refractivity contribution is 7.17. The van der Waals surface area contributed by atoms with E-state index >= 15 is 0 Å². The van der Waals surface area contributed by atoms with Gasteiger partial charge >= 0.3 is 0 Å². The Morgan fingerprint density at radius 1 is 1.21 bits per heavy atom. The lowest BCUT2D eigenvalue weighted by Gasteiger charge is -2.09. The van der Waals surface area contributed by atoms with Gasteiger partial charge in [0.15, 0.2) is 4.96 Å². The standard InChI is InChI=1S/C15H16N2S2/c1-2-10-7-8-13(18-10)11-9-17-12-5-3-4-6-14(12)19-15(17)16-11/h7-9H,2-6H2,1H3. The van der Waals surface area contributed by atoms with E-state index < -0.39 is 0 Å². The summed E-state index contributed by atoms with van der Waals surface area (Å²) in [5, 5.41) is 0. The zero-order valence-corrected chi connectivity index (χ0v) is 12.6. The monoisotopic (exact) mass is 288 g/mol. The molecule has 0 aromatic carbocycles. The average molecular weight is 288 g/mol. The van der Waals surface area contributed by atoms with Crippen molar-refractivity contribution in [2.75, 3.05) is 0 Å². The van der Waals surface area contributed by atoms with Gasteiger partial charge < -0.3 is 0 Å². The Kier molecular flexibility index (Phi) is 2.74. The molecule has 3 heterocycles. The largest absolute Gasteiger partial charge is 0.294 e. The molecule has 3 aromatic rings. The second-order valence-electron chi connectivity index (χ2n) is 5.08. The third-order valence-electron chi connectivity index (χ3n) is 3.83. The van der Waals surface area contributed by atoms with E-state index in [1.165, 1.54) is 46.1 Å². The molecule has 0 saturated heterocycles. The molecule has 2 nitrogen and oxygen atoms in total. The summed E-state index contributed by atoms with van der Waals surface area (Å²) in [4.78, 5) is 10.3. The minimum Gasteiger partial charge on any atom is -0.294 e. The van der Waals surface area contributed by atoms with Crippen LogP contribution >= 0.6 is 22.7 Å². The lowest BCUT2D eigenvalue weighted by molar-refractivity contribution is 0.674. The van der Waals surface area contributed by atoms with Gasteiger partial charge in [0.1, 0.15) is 5.69 Å². The third-order valence-corrected chi connectivity index (χ3v) is 6.24. The van der Waals surface area contributed by atoms with Crippen LogP contribution in [-0.4, -0.2) is 9.38 Å². The molecule has 0 N–H and O–H groups in total. The molecule has 4 rings (SSSR count). The summed E-state index contributed by atoms with van der Waals surface area (Å²) in [6, 6.07) is 4.44. The van der Waals surface area contributed by atoms with E-state index in [1.807, 2.05) is 22.7 Å². The number of fused-ring (bicyclic) bond motifs is 3. The fourth-order valence-corrected chi connectivity index (χ4v) is 4.88. The molecule has 1 aliphatic rings. The fraction of sp³-hybridized carbons (Fsp3) is 0.400. The Labute approximate surface area is 120 Å². The van der Waals surface area contributed by atoms with Crippen LogP contribution in [0.3, 0.4) is 0 Å². The van der Waals surface area contributed by atoms with Gasteiger partial charge in [-0.15, -0.1) is 22.7 Å². The van der Waals surface area contributed by atoms with Gasteiger partial charge in [-0.3, -0.25) is 4.40 Å². The van der Waals surface area contributed by atoms with Crippen molar-refractivity contribution in [3.63, 3.8) is 0 Å². The maximum atomic E-state index is 4.83. The van der Waals surface area contributed by atoms with E-state index in [4.69, 9.17) is 4.98 Å². The molecular formula is C15H16N2S2. The van der Waals surface area contributed by atoms with Crippen LogP contribution in [0.5, 0.6) is 0 Å². The molecule has 1 aliphatic carbocycles. The molecule has 0 bridgehead atoms. The molecule has 0 radical (unpaired) electrons. The number of nitrogens with zero attached hydrogens (tertiary/aromatic N) is 2. The highest BCUT2D eigenvalue weighted by Crippen LogP contribution is 2.34. The zero-order valence-electron chi connectivity index (χ0n) is 11.0. The number of hydrogen-bond donors (Lipinski definition) is 0. The highest BCUT2D eigenvalue weighted by Gasteiger charge is 2.18. The first-order valence-electron chi connectivity index (χ1n) is 6.94. The Balaban J connectivity index is 1.81. The van der Waals surface area contributed by atoms with E-state index in [9.17, 15) is 0 Å². The SMILES string of the molecule is CCc1ccc(-c2cn3c4c(sc3n2)CCCC4)s1. The van der Waals surface area contributed by atoms with Crippen molar-refractivity contribution in [2.45, 2.75) is 39.0 Å². The smallest absolute Gasteiger partial charge is 0.194 e. The first-order chi connectivity index (χ1) is 9.35. The number of thiazole rings is 1. The molecule has 0 saturated carbocycles. The van der Waals surface area contributed by atoms with E-state index in [-0.39, 0.29) is 0 Å². The van der Waals surface area contributed by atoms with Crippen molar-refractivity contribution in [1.82, 2.24) is 9.38 Å². The van der Waals surface area contributed by atoms with Gasteiger partial charge in [-0.05, 0) is 44.2 Å². The molecule has 0 aliphatic heterocycles. The topological polar surface area (TPSA) is 17.3 Å². The van der Waals surface area contributed by atoms with Crippen LogP contribution in [0.2, 0.25) is 0 Å². The summed E-state index contributed by atoms with van der Waals surface area (Å²) in [6.07, 6.45) is 8.48. The number of aromatic nitrogens is 2. The average Bonchev–Trinajstić information content (AvgIpc) is 3.11. The Hall–Kier alpha value is -1.13. The third kappa shape index (κ3) is 1.85. The van der Waals surface area contributed by atoms with Gasteiger partial charge in [-0.1, -0.05) is 6.92 Å². The highest BCUT2D eigenvalue weighted by atomic mass is 32.1. The molecule has 19 heavy (non-hydrogen) atoms. The minimum absolute atomic E-state index is 1.11. The van der Waals surface area contributed by atoms with Gasteiger partial charge in [-0.25, -0.2) is 4.98 Å². The van der Waals surface area contributed by atoms with Gasteiger partial charge in [0.05, 0.1) is 4.88 Å². The molecule has 0 amide bonds. The second-order valence-corrected chi connectivity index (χ2v) is 7.31. The molecular weight excluding hydrogens is 272 g/mol. The Bertz CT molecular complexity index is 733. The number of aryl methyl sites for hydroxylation is 3. The zero-order chi connectivity index (χ0) is 12.8. The van der Waals surface area contributed by atoms with Crippen LogP contribution in [0, 0.1) is 0 Å². The Morgan fingerprint density at radius 2 is 2.11 bits per heavy atom. The summed E-state index contributed by atoms with van der Waals surface area (Å²) in [7, 11) is 0. The van der Waals surface area contributed by atoms with Crippen molar-refractivity contribution in [2.24, 2.45) is 0 Å². The quantitative estimate of drug-likeness (QED) is 0.675. The molecule has 98 valence electrons. The number of thiophene rings is 1. The summed E-state index contributed by atoms with van der Waals surface area (Å²) >= 11 is 3.76. The van der Waals surface area contributed by atoms with E-state index in [1.54, 1.807) is 4.88 Å². The van der Waals surface area contributed by atoms with E-state index in [0.717, 1.165) is 12.1 Å². The predicted octanol–water partition coefficient (Wildman–Crippen LogP) is 4.57. The fourth-order valence-electron chi connectivity index (χ4n) is 2.79. The number of rotatable bonds is 2. The van der Waals surface area contributed by atoms with Crippen molar-refractivity contribution in [3.05, 3.63) is 33.8 Å². The predicted molar refractivity (Wildman–Crippen MR) is 82.4 cm³/mol. The van der Waals surface area contributed by atoms with Gasteiger partial charge in [0, 0.05) is 21.6 Å². The molecule has 0 unspecified atom stereocenters. The first-order valence-corrected chi connectivity index (χ1v) is 8.57. The maximum Gasteiger partial charge on any atom is 0.194 e. The molecule has 0 fully saturated rings. The minimum atomic E-state index is 1.11. The van der Waals surface area contributed by atoms with Crippen molar-refractivity contribution < 1.29 is 0 Å². The number of imidazole rings is 1. The van der Waals surface area contributed by atoms with E-state index in [2.05, 4.69) is 29.7 Å². The van der Waals surface area contributed by atoms with Crippen LogP contribution in [0.4, 0.5) is 0 Å². The normalized spacial score (nSPS) is 15.0. The van der Waals surface area contributed by atoms with Crippen molar-refractivity contribution in [3.8, 4) is 10.6 Å². The maximum absolute atomic E-state index is 4.83. The molecule has 3 aromatic heterocycles. The summed E-state index contributed by atoms with van der Waals surface area (Å²) in [6.45, 7) is 2.21. The van der Waals surface area contributed by atoms with Gasteiger partial charge in [-0.2, -0.15) is 0 Å². The summed E-state index contributed by atoms with van der Waals surface area (Å²) < 4.78 is 2.33.